The van der Waals surface area contributed by atoms with E-state index in [1.54, 1.807) is 6.07 Å². The highest BCUT2D eigenvalue weighted by Crippen LogP contribution is 2.22. The lowest BCUT2D eigenvalue weighted by atomic mass is 9.86. The molecule has 2 aromatic rings. The number of benzene rings is 2. The van der Waals surface area contributed by atoms with Gasteiger partial charge >= 0.3 is 5.97 Å². The standard InChI is InChI=1S/C25H31FN2O4/c1-16(29)27-21(15-18-7-6-8-20(26)13-18)23(30)28-22(24(31)32-5)14-17-9-11-19(12-10-17)25(2,3)4/h6-13,21-22H,14-15H2,1-5H3,(H,27,29)(H,28,30)/t21-,22+/m0/s1. The van der Waals surface area contributed by atoms with E-state index in [0.717, 1.165) is 11.1 Å². The average Bonchev–Trinajstić information content (AvgIpc) is 2.71. The lowest BCUT2D eigenvalue weighted by Crippen LogP contribution is -2.53. The van der Waals surface area contributed by atoms with Crippen LogP contribution >= 0.6 is 0 Å². The predicted molar refractivity (Wildman–Crippen MR) is 121 cm³/mol. The maximum absolute atomic E-state index is 13.5. The fourth-order valence-electron chi connectivity index (χ4n) is 3.34. The minimum absolute atomic E-state index is 0.00299. The van der Waals surface area contributed by atoms with Crippen LogP contribution in [0, 0.1) is 5.82 Å². The number of rotatable bonds is 8. The van der Waals surface area contributed by atoms with Crippen molar-refractivity contribution in [3.63, 3.8) is 0 Å². The first-order chi connectivity index (χ1) is 15.0. The molecule has 0 radical (unpaired) electrons. The second-order valence-electron chi connectivity index (χ2n) is 8.82. The molecule has 32 heavy (non-hydrogen) atoms. The largest absolute Gasteiger partial charge is 0.467 e. The Kier molecular flexibility index (Phi) is 8.52. The van der Waals surface area contributed by atoms with Crippen LogP contribution in [0.1, 0.15) is 44.4 Å². The quantitative estimate of drug-likeness (QED) is 0.616. The van der Waals surface area contributed by atoms with Gasteiger partial charge in [0.25, 0.3) is 0 Å². The van der Waals surface area contributed by atoms with E-state index in [2.05, 4.69) is 31.4 Å². The van der Waals surface area contributed by atoms with Crippen molar-refractivity contribution in [3.8, 4) is 0 Å². The van der Waals surface area contributed by atoms with Gasteiger partial charge in [-0.25, -0.2) is 9.18 Å². The molecule has 0 fully saturated rings. The van der Waals surface area contributed by atoms with Crippen molar-refractivity contribution in [1.29, 1.82) is 0 Å². The molecule has 0 spiro atoms. The van der Waals surface area contributed by atoms with Crippen LogP contribution in [0.3, 0.4) is 0 Å². The molecule has 0 unspecified atom stereocenters. The van der Waals surface area contributed by atoms with Crippen molar-refractivity contribution in [2.75, 3.05) is 7.11 Å². The number of carbonyl (C=O) groups excluding carboxylic acids is 3. The van der Waals surface area contributed by atoms with E-state index in [1.165, 1.54) is 32.2 Å². The second kappa shape index (κ2) is 10.9. The number of esters is 1. The zero-order valence-electron chi connectivity index (χ0n) is 19.2. The SMILES string of the molecule is COC(=O)[C@@H](Cc1ccc(C(C)(C)C)cc1)NC(=O)[C@H](Cc1cccc(F)c1)NC(C)=O. The van der Waals surface area contributed by atoms with E-state index in [0.29, 0.717) is 5.56 Å². The van der Waals surface area contributed by atoms with Gasteiger partial charge in [0.15, 0.2) is 0 Å². The number of nitrogens with one attached hydrogen (secondary N) is 2. The molecular weight excluding hydrogens is 411 g/mol. The summed E-state index contributed by atoms with van der Waals surface area (Å²) in [5.41, 5.74) is 2.55. The van der Waals surface area contributed by atoms with Crippen molar-refractivity contribution in [3.05, 3.63) is 71.0 Å². The van der Waals surface area contributed by atoms with Crippen LogP contribution < -0.4 is 10.6 Å². The Balaban J connectivity index is 2.18. The molecule has 2 aromatic carbocycles. The molecule has 0 aromatic heterocycles. The van der Waals surface area contributed by atoms with Gasteiger partial charge in [-0.05, 0) is 34.2 Å². The lowest BCUT2D eigenvalue weighted by Gasteiger charge is -2.23. The van der Waals surface area contributed by atoms with Gasteiger partial charge in [-0.3, -0.25) is 9.59 Å². The number of halogens is 1. The summed E-state index contributed by atoms with van der Waals surface area (Å²) in [7, 11) is 1.25. The molecule has 0 heterocycles. The van der Waals surface area contributed by atoms with Crippen molar-refractivity contribution in [2.24, 2.45) is 0 Å². The molecule has 0 bridgehead atoms. The van der Waals surface area contributed by atoms with Gasteiger partial charge in [-0.15, -0.1) is 0 Å². The molecule has 0 saturated carbocycles. The fraction of sp³-hybridized carbons (Fsp3) is 0.400. The highest BCUT2D eigenvalue weighted by atomic mass is 19.1. The number of amides is 2. The van der Waals surface area contributed by atoms with Crippen LogP contribution in [0.15, 0.2) is 48.5 Å². The second-order valence-corrected chi connectivity index (χ2v) is 8.82. The molecular formula is C25H31FN2O4. The minimum atomic E-state index is -0.968. The molecule has 0 aliphatic carbocycles. The minimum Gasteiger partial charge on any atom is -0.467 e. The van der Waals surface area contributed by atoms with Gasteiger partial charge in [-0.2, -0.15) is 0 Å². The van der Waals surface area contributed by atoms with Crippen molar-refractivity contribution in [2.45, 2.75) is 58.0 Å². The van der Waals surface area contributed by atoms with E-state index >= 15 is 0 Å². The van der Waals surface area contributed by atoms with Gasteiger partial charge in [-0.1, -0.05) is 57.2 Å². The molecule has 2 N–H and O–H groups in total. The zero-order valence-corrected chi connectivity index (χ0v) is 19.2. The third kappa shape index (κ3) is 7.48. The maximum atomic E-state index is 13.5. The van der Waals surface area contributed by atoms with Crippen molar-refractivity contribution < 1.29 is 23.5 Å². The predicted octanol–water partition coefficient (Wildman–Crippen LogP) is 3.07. The van der Waals surface area contributed by atoms with E-state index in [4.69, 9.17) is 4.74 Å². The first-order valence-corrected chi connectivity index (χ1v) is 10.5. The number of methoxy groups -OCH3 is 1. The first-order valence-electron chi connectivity index (χ1n) is 10.5. The summed E-state index contributed by atoms with van der Waals surface area (Å²) in [6, 6.07) is 11.7. The summed E-state index contributed by atoms with van der Waals surface area (Å²) < 4.78 is 18.4. The summed E-state index contributed by atoms with van der Waals surface area (Å²) in [5, 5.41) is 5.25. The Hall–Kier alpha value is -3.22. The Morgan fingerprint density at radius 1 is 0.938 bits per heavy atom. The van der Waals surface area contributed by atoms with Crippen LogP contribution in [0.25, 0.3) is 0 Å². The summed E-state index contributed by atoms with van der Waals surface area (Å²) in [4.78, 5) is 36.9. The molecule has 0 aliphatic heterocycles. The van der Waals surface area contributed by atoms with Gasteiger partial charge in [0.1, 0.15) is 17.9 Å². The van der Waals surface area contributed by atoms with Crippen LogP contribution in [-0.2, 0) is 37.4 Å². The van der Waals surface area contributed by atoms with Crippen LogP contribution in [0.4, 0.5) is 4.39 Å². The average molecular weight is 443 g/mol. The third-order valence-electron chi connectivity index (χ3n) is 5.08. The van der Waals surface area contributed by atoms with E-state index < -0.39 is 35.7 Å². The van der Waals surface area contributed by atoms with E-state index in [9.17, 15) is 18.8 Å². The number of hydrogen-bond donors (Lipinski definition) is 2. The summed E-state index contributed by atoms with van der Waals surface area (Å²) in [6.07, 6.45) is 0.312. The Bertz CT molecular complexity index is 951. The smallest absolute Gasteiger partial charge is 0.328 e. The normalized spacial score (nSPS) is 13.1. The summed E-state index contributed by atoms with van der Waals surface area (Å²) >= 11 is 0. The number of hydrogen-bond acceptors (Lipinski definition) is 4. The third-order valence-corrected chi connectivity index (χ3v) is 5.08. The Labute approximate surface area is 188 Å². The van der Waals surface area contributed by atoms with Crippen molar-refractivity contribution >= 4 is 17.8 Å². The molecule has 7 heteroatoms. The number of carbonyl (C=O) groups is 3. The molecule has 2 amide bonds. The van der Waals surface area contributed by atoms with E-state index in [-0.39, 0.29) is 18.3 Å². The number of ether oxygens (including phenoxy) is 1. The summed E-state index contributed by atoms with van der Waals surface area (Å²) in [5.74, 6) is -1.98. The van der Waals surface area contributed by atoms with Crippen LogP contribution in [0.5, 0.6) is 0 Å². The Morgan fingerprint density at radius 2 is 1.56 bits per heavy atom. The van der Waals surface area contributed by atoms with Gasteiger partial charge in [0.2, 0.25) is 11.8 Å². The molecule has 2 atom stereocenters. The molecule has 172 valence electrons. The highest BCUT2D eigenvalue weighted by molar-refractivity contribution is 5.90. The van der Waals surface area contributed by atoms with E-state index in [1.807, 2.05) is 24.3 Å². The highest BCUT2D eigenvalue weighted by Gasteiger charge is 2.27. The van der Waals surface area contributed by atoms with Gasteiger partial charge in [0, 0.05) is 19.8 Å². The Morgan fingerprint density at radius 3 is 2.09 bits per heavy atom. The van der Waals surface area contributed by atoms with Gasteiger partial charge in [0.05, 0.1) is 7.11 Å². The molecule has 2 rings (SSSR count). The molecule has 6 nitrogen and oxygen atoms in total. The summed E-state index contributed by atoms with van der Waals surface area (Å²) in [6.45, 7) is 7.63. The fourth-order valence-corrected chi connectivity index (χ4v) is 3.34. The van der Waals surface area contributed by atoms with Crippen molar-refractivity contribution in [1.82, 2.24) is 10.6 Å². The lowest BCUT2D eigenvalue weighted by molar-refractivity contribution is -0.145. The molecule has 0 saturated heterocycles. The van der Waals surface area contributed by atoms with Crippen LogP contribution in [0.2, 0.25) is 0 Å². The zero-order chi connectivity index (χ0) is 23.9. The maximum Gasteiger partial charge on any atom is 0.328 e. The van der Waals surface area contributed by atoms with Gasteiger partial charge < -0.3 is 15.4 Å². The molecule has 0 aliphatic rings. The topological polar surface area (TPSA) is 84.5 Å². The van der Waals surface area contributed by atoms with Crippen LogP contribution in [-0.4, -0.2) is 37.0 Å². The first kappa shape index (κ1) is 25.0. The monoisotopic (exact) mass is 442 g/mol.